The second-order valence-electron chi connectivity index (χ2n) is 10.5. The smallest absolute Gasteiger partial charge is 0.397 e. The van der Waals surface area contributed by atoms with E-state index in [0.717, 1.165) is 10.9 Å². The molecule has 0 spiro atoms. The minimum absolute atomic E-state index is 0.142. The Morgan fingerprint density at radius 3 is 2.30 bits per heavy atom. The van der Waals surface area contributed by atoms with Crippen molar-refractivity contribution in [3.63, 3.8) is 0 Å². The number of hydrogen-bond donors (Lipinski definition) is 6. The quantitative estimate of drug-likeness (QED) is 0.0684. The van der Waals surface area contributed by atoms with Crippen LogP contribution in [0.15, 0.2) is 34.8 Å². The highest BCUT2D eigenvalue weighted by molar-refractivity contribution is 7.47. The molecule has 47 heavy (non-hydrogen) atoms. The van der Waals surface area contributed by atoms with Crippen LogP contribution in [0, 0.1) is 0 Å². The van der Waals surface area contributed by atoms with Gasteiger partial charge in [0.15, 0.2) is 29.3 Å². The van der Waals surface area contributed by atoms with Crippen molar-refractivity contribution in [2.45, 2.75) is 49.0 Å². The van der Waals surface area contributed by atoms with Crippen molar-refractivity contribution in [3.05, 3.63) is 45.7 Å². The molecule has 3 aliphatic heterocycles. The Morgan fingerprint density at radius 2 is 1.57 bits per heavy atom. The minimum Gasteiger partial charge on any atom is -0.397 e. The fourth-order valence-corrected chi connectivity index (χ4v) is 7.42. The lowest BCUT2D eigenvalue weighted by Gasteiger charge is -2.26. The van der Waals surface area contributed by atoms with E-state index < -0.39 is 83.4 Å². The fourth-order valence-electron chi connectivity index (χ4n) is 5.56. The summed E-state index contributed by atoms with van der Waals surface area (Å²) in [5.74, 6) is -0.297. The third-order valence-electron chi connectivity index (χ3n) is 7.62. The van der Waals surface area contributed by atoms with Gasteiger partial charge in [-0.3, -0.25) is 37.0 Å². The number of azide groups is 1. The van der Waals surface area contributed by atoms with E-state index >= 15 is 0 Å². The molecule has 3 fully saturated rings. The molecular weight excluding hydrogens is 674 g/mol. The number of imidazole rings is 2. The molecule has 26 heteroatoms. The van der Waals surface area contributed by atoms with Gasteiger partial charge in [-0.1, -0.05) is 5.11 Å². The summed E-state index contributed by atoms with van der Waals surface area (Å²) >= 11 is 0. The Morgan fingerprint density at radius 1 is 0.957 bits per heavy atom. The molecule has 10 atom stereocenters. The molecule has 0 aliphatic carbocycles. The standard InChI is InChI=1S/C21H24N12O12P2/c22-7-1-2-25-16-10(7)26-5-32(16)20-15-13(34)9(43-20)4-41-46(36,37)44-14-11(30-31-24)8(3-40-47(38,39)45-15)42-19(14)33-6-27-12-17(33)28-21(23)29-18(12)35/h1-2,5-6,8-9,11,13-15,19-20,34H,3-4H2,(H2,22,25)(H,36,37)(H,38,39)(H3,23,28,29,35)/t8-,9-,11-,13-,14-,15-,19-,20-/m1/s1. The Bertz CT molecular complexity index is 2070. The Hall–Kier alpha value is -4.02. The maximum Gasteiger partial charge on any atom is 0.472 e. The van der Waals surface area contributed by atoms with Crippen LogP contribution in [0.1, 0.15) is 12.5 Å². The number of H-pyrrole nitrogens is 1. The molecule has 7 heterocycles. The number of nitrogen functional groups attached to an aromatic ring is 2. The summed E-state index contributed by atoms with van der Waals surface area (Å²) in [4.78, 5) is 55.4. The summed E-state index contributed by atoms with van der Waals surface area (Å²) < 4.78 is 62.1. The molecule has 2 unspecified atom stereocenters. The molecule has 3 aliphatic rings. The van der Waals surface area contributed by atoms with Gasteiger partial charge >= 0.3 is 15.6 Å². The van der Waals surface area contributed by atoms with Crippen LogP contribution in [-0.2, 0) is 36.7 Å². The summed E-state index contributed by atoms with van der Waals surface area (Å²) in [5, 5.41) is 14.7. The molecule has 4 aromatic heterocycles. The molecule has 7 rings (SSSR count). The first-order chi connectivity index (χ1) is 22.4. The van der Waals surface area contributed by atoms with Gasteiger partial charge in [0, 0.05) is 11.1 Å². The number of aliphatic hydroxyl groups is 1. The van der Waals surface area contributed by atoms with Crippen molar-refractivity contribution < 1.29 is 51.6 Å². The van der Waals surface area contributed by atoms with Crippen LogP contribution < -0.4 is 17.0 Å². The normalized spacial score (nSPS) is 36.3. The molecule has 4 bridgehead atoms. The first-order valence-corrected chi connectivity index (χ1v) is 16.5. The SMILES string of the molecule is [N-]=[N+]=N[C@H]1[C@H]2OP(=O)(O)OC[C@H]3O[C@@H](n4cnc5c(N)ccnc54)[C@H](OP(=O)(O)OC[C@H]1O[C@H]2n1cnc2c(=O)[nH]c(N)nc21)[C@@H]3O. The van der Waals surface area contributed by atoms with E-state index in [1.54, 1.807) is 0 Å². The summed E-state index contributed by atoms with van der Waals surface area (Å²) in [6, 6.07) is -0.01000. The topological polar surface area (TPSA) is 345 Å². The highest BCUT2D eigenvalue weighted by atomic mass is 31.2. The largest absolute Gasteiger partial charge is 0.472 e. The van der Waals surface area contributed by atoms with E-state index in [2.05, 4.69) is 34.9 Å². The zero-order valence-corrected chi connectivity index (χ0v) is 25.2. The second kappa shape index (κ2) is 11.6. The molecule has 0 amide bonds. The Balaban J connectivity index is 1.26. The molecular formula is C21H24N12O12P2. The number of nitrogens with one attached hydrogen (secondary N) is 1. The molecule has 8 N–H and O–H groups in total. The molecule has 4 aromatic rings. The van der Waals surface area contributed by atoms with Crippen LogP contribution in [0.2, 0.25) is 0 Å². The van der Waals surface area contributed by atoms with Crippen LogP contribution in [0.3, 0.4) is 0 Å². The average Bonchev–Trinajstić information content (AvgIpc) is 3.76. The number of fused-ring (bicyclic) bond motifs is 6. The third kappa shape index (κ3) is 5.65. The van der Waals surface area contributed by atoms with Crippen LogP contribution in [0.25, 0.3) is 32.8 Å². The van der Waals surface area contributed by atoms with Crippen LogP contribution in [0.4, 0.5) is 11.6 Å². The van der Waals surface area contributed by atoms with Crippen LogP contribution >= 0.6 is 15.6 Å². The lowest BCUT2D eigenvalue weighted by atomic mass is 10.1. The predicted octanol–water partition coefficient (Wildman–Crippen LogP) is -0.418. The van der Waals surface area contributed by atoms with Gasteiger partial charge in [-0.2, -0.15) is 4.98 Å². The number of nitrogens with two attached hydrogens (primary N) is 2. The zero-order chi connectivity index (χ0) is 33.2. The van der Waals surface area contributed by atoms with E-state index in [-0.39, 0.29) is 34.0 Å². The highest BCUT2D eigenvalue weighted by Crippen LogP contribution is 2.54. The van der Waals surface area contributed by atoms with Gasteiger partial charge in [-0.15, -0.1) is 0 Å². The molecule has 0 radical (unpaired) electrons. The summed E-state index contributed by atoms with van der Waals surface area (Å²) in [5.41, 5.74) is 20.6. The predicted molar refractivity (Wildman–Crippen MR) is 153 cm³/mol. The molecule has 250 valence electrons. The number of aromatic amines is 1. The highest BCUT2D eigenvalue weighted by Gasteiger charge is 2.54. The van der Waals surface area contributed by atoms with Crippen molar-refractivity contribution in [1.82, 2.24) is 34.1 Å². The lowest BCUT2D eigenvalue weighted by molar-refractivity contribution is -0.0673. The molecule has 3 saturated heterocycles. The van der Waals surface area contributed by atoms with E-state index in [0.29, 0.717) is 0 Å². The third-order valence-corrected chi connectivity index (χ3v) is 9.59. The number of aliphatic hydroxyl groups excluding tert-OH is 1. The Labute approximate surface area is 260 Å². The van der Waals surface area contributed by atoms with E-state index in [4.69, 9.17) is 39.0 Å². The number of aromatic nitrogens is 7. The molecule has 24 nitrogen and oxygen atoms in total. The maximum absolute atomic E-state index is 13.3. The first kappa shape index (κ1) is 31.6. The van der Waals surface area contributed by atoms with E-state index in [1.165, 1.54) is 23.2 Å². The number of hydrogen-bond acceptors (Lipinski definition) is 17. The number of phosphoric ester groups is 2. The van der Waals surface area contributed by atoms with Gasteiger partial charge in [0.1, 0.15) is 29.9 Å². The summed E-state index contributed by atoms with van der Waals surface area (Å²) in [6.45, 7) is -1.64. The number of rotatable bonds is 3. The first-order valence-electron chi connectivity index (χ1n) is 13.5. The lowest BCUT2D eigenvalue weighted by Crippen LogP contribution is -2.37. The van der Waals surface area contributed by atoms with Gasteiger partial charge in [-0.25, -0.2) is 24.1 Å². The van der Waals surface area contributed by atoms with Gasteiger partial charge in [0.25, 0.3) is 5.56 Å². The number of pyridine rings is 1. The van der Waals surface area contributed by atoms with Crippen molar-refractivity contribution >= 4 is 49.6 Å². The van der Waals surface area contributed by atoms with Gasteiger partial charge in [-0.05, 0) is 11.6 Å². The molecule has 0 saturated carbocycles. The van der Waals surface area contributed by atoms with Crippen LogP contribution in [0.5, 0.6) is 0 Å². The monoisotopic (exact) mass is 698 g/mol. The van der Waals surface area contributed by atoms with Crippen molar-refractivity contribution in [2.24, 2.45) is 5.11 Å². The van der Waals surface area contributed by atoms with Crippen molar-refractivity contribution in [1.29, 1.82) is 0 Å². The van der Waals surface area contributed by atoms with Gasteiger partial charge < -0.3 is 35.8 Å². The maximum atomic E-state index is 13.3. The summed E-state index contributed by atoms with van der Waals surface area (Å²) in [6.07, 6.45) is -7.17. The number of nitrogens with zero attached hydrogens (tertiary/aromatic N) is 9. The van der Waals surface area contributed by atoms with Gasteiger partial charge in [0.2, 0.25) is 5.95 Å². The average molecular weight is 698 g/mol. The van der Waals surface area contributed by atoms with Crippen molar-refractivity contribution in [2.75, 3.05) is 24.7 Å². The van der Waals surface area contributed by atoms with E-state index in [1.807, 2.05) is 0 Å². The number of ether oxygens (including phenoxy) is 2. The Kier molecular flexibility index (Phi) is 7.79. The number of phosphoric acid groups is 2. The minimum atomic E-state index is -5.13. The van der Waals surface area contributed by atoms with Crippen LogP contribution in [-0.4, -0.2) is 98.7 Å². The second-order valence-corrected chi connectivity index (χ2v) is 13.3. The molecule has 0 aromatic carbocycles. The summed E-state index contributed by atoms with van der Waals surface area (Å²) in [7, 11) is -10.2. The fraction of sp³-hybridized carbons (Fsp3) is 0.476. The number of anilines is 2. The van der Waals surface area contributed by atoms with Gasteiger partial charge in [0.05, 0.1) is 43.7 Å². The van der Waals surface area contributed by atoms with Crippen molar-refractivity contribution in [3.8, 4) is 0 Å². The van der Waals surface area contributed by atoms with E-state index in [9.17, 15) is 34.3 Å². The zero-order valence-electron chi connectivity index (χ0n) is 23.4.